The molecule has 2 aliphatic heterocycles. The van der Waals surface area contributed by atoms with E-state index in [1.165, 1.54) is 35.5 Å². The van der Waals surface area contributed by atoms with Crippen LogP contribution in [-0.4, -0.2) is 73.1 Å². The predicted octanol–water partition coefficient (Wildman–Crippen LogP) is 2.65. The fourth-order valence-electron chi connectivity index (χ4n) is 3.94. The van der Waals surface area contributed by atoms with Crippen molar-refractivity contribution >= 4 is 28.8 Å². The molecule has 9 heteroatoms. The van der Waals surface area contributed by atoms with Crippen molar-refractivity contribution in [3.8, 4) is 5.75 Å². The van der Waals surface area contributed by atoms with Crippen LogP contribution in [0.5, 0.6) is 5.75 Å². The molecule has 3 heterocycles. The van der Waals surface area contributed by atoms with Gasteiger partial charge in [0.2, 0.25) is 0 Å². The molecule has 0 aliphatic carbocycles. The van der Waals surface area contributed by atoms with Crippen LogP contribution < -0.4 is 4.74 Å². The van der Waals surface area contributed by atoms with E-state index in [1.807, 2.05) is 17.5 Å². The zero-order valence-electron chi connectivity index (χ0n) is 17.0. The molecule has 0 bridgehead atoms. The molecular weight excluding hydrogens is 423 g/mol. The average Bonchev–Trinajstić information content (AvgIpc) is 3.40. The molecule has 0 unspecified atom stereocenters. The lowest BCUT2D eigenvalue weighted by molar-refractivity contribution is -0.140. The number of morpholine rings is 1. The number of hydrogen-bond donors (Lipinski definition) is 1. The number of aliphatic hydroxyl groups excluding tert-OH is 1. The van der Waals surface area contributed by atoms with Crippen LogP contribution in [0, 0.1) is 5.82 Å². The van der Waals surface area contributed by atoms with Gasteiger partial charge in [-0.2, -0.15) is 0 Å². The van der Waals surface area contributed by atoms with Crippen molar-refractivity contribution in [3.05, 3.63) is 57.5 Å². The number of amides is 1. The first-order valence-corrected chi connectivity index (χ1v) is 10.8. The Hall–Kier alpha value is -2.75. The lowest BCUT2D eigenvalue weighted by Gasteiger charge is -2.30. The summed E-state index contributed by atoms with van der Waals surface area (Å²) in [5, 5.41) is 12.9. The van der Waals surface area contributed by atoms with Crippen LogP contribution in [0.3, 0.4) is 0 Å². The average molecular weight is 447 g/mol. The number of likely N-dealkylation sites (tertiary alicyclic amines) is 1. The Morgan fingerprint density at radius 2 is 2.03 bits per heavy atom. The van der Waals surface area contributed by atoms with Crippen LogP contribution in [0.2, 0.25) is 0 Å². The zero-order chi connectivity index (χ0) is 22.0. The predicted molar refractivity (Wildman–Crippen MR) is 114 cm³/mol. The Labute approximate surface area is 183 Å². The molecule has 4 rings (SSSR count). The fourth-order valence-corrected chi connectivity index (χ4v) is 4.78. The highest BCUT2D eigenvalue weighted by molar-refractivity contribution is 7.10. The monoisotopic (exact) mass is 446 g/mol. The Kier molecular flexibility index (Phi) is 6.35. The quantitative estimate of drug-likeness (QED) is 0.418. The minimum atomic E-state index is -0.788. The summed E-state index contributed by atoms with van der Waals surface area (Å²) in [4.78, 5) is 30.3. The Bertz CT molecular complexity index is 1000. The second kappa shape index (κ2) is 9.17. The maximum absolute atomic E-state index is 13.9. The molecule has 2 fully saturated rings. The van der Waals surface area contributed by atoms with Crippen molar-refractivity contribution in [2.75, 3.05) is 46.5 Å². The van der Waals surface area contributed by atoms with E-state index in [4.69, 9.17) is 9.47 Å². The topological polar surface area (TPSA) is 79.3 Å². The van der Waals surface area contributed by atoms with Gasteiger partial charge in [-0.3, -0.25) is 14.5 Å². The normalized spacial score (nSPS) is 21.6. The van der Waals surface area contributed by atoms with Crippen LogP contribution in [0.25, 0.3) is 5.76 Å². The van der Waals surface area contributed by atoms with E-state index in [-0.39, 0.29) is 16.9 Å². The van der Waals surface area contributed by atoms with Gasteiger partial charge in [0.15, 0.2) is 0 Å². The number of benzene rings is 1. The highest BCUT2D eigenvalue weighted by atomic mass is 32.1. The number of ketones is 1. The number of hydrogen-bond acceptors (Lipinski definition) is 7. The molecule has 0 saturated carbocycles. The lowest BCUT2D eigenvalue weighted by Crippen LogP contribution is -2.42. The first-order valence-electron chi connectivity index (χ1n) is 9.97. The summed E-state index contributed by atoms with van der Waals surface area (Å²) < 4.78 is 24.5. The molecule has 1 amide bonds. The molecule has 1 aromatic carbocycles. The number of Topliss-reactive ketones (excluding diaryl/α,β-unsaturated/α-hetero) is 1. The molecule has 1 N–H and O–H groups in total. The number of rotatable bonds is 6. The van der Waals surface area contributed by atoms with Crippen LogP contribution in [0.15, 0.2) is 41.3 Å². The third-order valence-corrected chi connectivity index (χ3v) is 6.45. The largest absolute Gasteiger partial charge is 0.507 e. The number of nitrogens with zero attached hydrogens (tertiary/aromatic N) is 2. The second-order valence-electron chi connectivity index (χ2n) is 7.31. The van der Waals surface area contributed by atoms with Gasteiger partial charge in [0.1, 0.15) is 17.3 Å². The minimum absolute atomic E-state index is 0.0373. The molecule has 1 aromatic heterocycles. The maximum atomic E-state index is 13.9. The number of thiophene rings is 1. The van der Waals surface area contributed by atoms with Gasteiger partial charge in [-0.15, -0.1) is 11.3 Å². The van der Waals surface area contributed by atoms with Crippen LogP contribution in [0.1, 0.15) is 16.5 Å². The molecule has 0 spiro atoms. The zero-order valence-corrected chi connectivity index (χ0v) is 17.9. The number of carbonyl (C=O) groups excluding carboxylic acids is 2. The molecular formula is C22H23FN2O5S. The molecule has 2 aromatic rings. The van der Waals surface area contributed by atoms with E-state index in [1.54, 1.807) is 0 Å². The molecule has 7 nitrogen and oxygen atoms in total. The minimum Gasteiger partial charge on any atom is -0.507 e. The van der Waals surface area contributed by atoms with Gasteiger partial charge in [-0.05, 0) is 29.6 Å². The van der Waals surface area contributed by atoms with Crippen molar-refractivity contribution in [1.29, 1.82) is 0 Å². The molecule has 31 heavy (non-hydrogen) atoms. The van der Waals surface area contributed by atoms with Crippen LogP contribution in [0.4, 0.5) is 4.39 Å². The van der Waals surface area contributed by atoms with Gasteiger partial charge in [0, 0.05) is 31.1 Å². The fraction of sp³-hybridized carbons (Fsp3) is 0.364. The Morgan fingerprint density at radius 1 is 1.26 bits per heavy atom. The summed E-state index contributed by atoms with van der Waals surface area (Å²) in [6.45, 7) is 3.69. The summed E-state index contributed by atoms with van der Waals surface area (Å²) in [5.74, 6) is -2.28. The maximum Gasteiger partial charge on any atom is 0.295 e. The molecule has 164 valence electrons. The summed E-state index contributed by atoms with van der Waals surface area (Å²) in [6, 6.07) is 6.57. The first kappa shape index (κ1) is 21.5. The number of aliphatic hydroxyl groups is 1. The second-order valence-corrected chi connectivity index (χ2v) is 8.29. The van der Waals surface area contributed by atoms with E-state index in [0.29, 0.717) is 26.3 Å². The van der Waals surface area contributed by atoms with Gasteiger partial charge in [0.05, 0.1) is 37.5 Å². The third kappa shape index (κ3) is 4.21. The van der Waals surface area contributed by atoms with Crippen molar-refractivity contribution in [2.24, 2.45) is 0 Å². The smallest absolute Gasteiger partial charge is 0.295 e. The Balaban J connectivity index is 1.74. The van der Waals surface area contributed by atoms with E-state index >= 15 is 0 Å². The van der Waals surface area contributed by atoms with Crippen molar-refractivity contribution in [3.63, 3.8) is 0 Å². The molecule has 2 aliphatic rings. The van der Waals surface area contributed by atoms with Crippen LogP contribution in [-0.2, 0) is 14.3 Å². The van der Waals surface area contributed by atoms with Gasteiger partial charge in [-0.1, -0.05) is 6.07 Å². The van der Waals surface area contributed by atoms with Crippen molar-refractivity contribution in [1.82, 2.24) is 9.80 Å². The van der Waals surface area contributed by atoms with Gasteiger partial charge < -0.3 is 19.5 Å². The van der Waals surface area contributed by atoms with Gasteiger partial charge >= 0.3 is 0 Å². The summed E-state index contributed by atoms with van der Waals surface area (Å²) >= 11 is 1.39. The summed E-state index contributed by atoms with van der Waals surface area (Å²) in [6.07, 6.45) is 0. The van der Waals surface area contributed by atoms with Crippen LogP contribution >= 0.6 is 11.3 Å². The summed E-state index contributed by atoms with van der Waals surface area (Å²) in [7, 11) is 1.39. The highest BCUT2D eigenvalue weighted by Gasteiger charge is 2.46. The van der Waals surface area contributed by atoms with Gasteiger partial charge in [-0.25, -0.2) is 4.39 Å². The first-order chi connectivity index (χ1) is 15.0. The van der Waals surface area contributed by atoms with E-state index in [9.17, 15) is 19.1 Å². The van der Waals surface area contributed by atoms with E-state index in [0.717, 1.165) is 24.0 Å². The van der Waals surface area contributed by atoms with E-state index in [2.05, 4.69) is 4.90 Å². The number of carbonyl (C=O) groups is 2. The number of ether oxygens (including phenoxy) is 2. The molecule has 1 atom stereocenters. The van der Waals surface area contributed by atoms with Gasteiger partial charge in [0.25, 0.3) is 11.7 Å². The highest BCUT2D eigenvalue weighted by Crippen LogP contribution is 2.42. The molecule has 0 radical (unpaired) electrons. The number of methoxy groups -OCH3 is 1. The summed E-state index contributed by atoms with van der Waals surface area (Å²) in [5.41, 5.74) is -0.0198. The van der Waals surface area contributed by atoms with E-state index < -0.39 is 29.3 Å². The van der Waals surface area contributed by atoms with Crippen molar-refractivity contribution in [2.45, 2.75) is 6.04 Å². The standard InChI is InChI=1S/C22H23FN2O5S/c1-29-16-5-4-14(23)13-15(16)20(26)18-19(17-3-2-12-31-17)25(22(28)21(18)27)7-6-24-8-10-30-11-9-24/h2-5,12-13,19,26H,6-11H2,1H3/t19-/m1/s1. The SMILES string of the molecule is COc1ccc(F)cc1C(O)=C1C(=O)C(=O)N(CCN2CCOCC2)[C@@H]1c1cccs1. The number of halogens is 1. The third-order valence-electron chi connectivity index (χ3n) is 5.53. The van der Waals surface area contributed by atoms with Crippen molar-refractivity contribution < 1.29 is 28.6 Å². The lowest BCUT2D eigenvalue weighted by atomic mass is 9.99. The molecule has 2 saturated heterocycles. The Morgan fingerprint density at radius 3 is 2.71 bits per heavy atom.